The van der Waals surface area contributed by atoms with Crippen molar-refractivity contribution in [2.45, 2.75) is 33.3 Å². The van der Waals surface area contributed by atoms with Gasteiger partial charge in [-0.3, -0.25) is 19.4 Å². The van der Waals surface area contributed by atoms with Gasteiger partial charge in [0.1, 0.15) is 11.3 Å². The minimum Gasteiger partial charge on any atom is -0.490 e. The average molecular weight is 493 g/mol. The van der Waals surface area contributed by atoms with Crippen LogP contribution in [0.15, 0.2) is 66.2 Å². The summed E-state index contributed by atoms with van der Waals surface area (Å²) < 4.78 is 6.18. The van der Waals surface area contributed by atoms with Crippen LogP contribution in [-0.4, -0.2) is 34.5 Å². The van der Waals surface area contributed by atoms with Gasteiger partial charge in [-0.1, -0.05) is 48.9 Å². The van der Waals surface area contributed by atoms with Gasteiger partial charge in [0.25, 0.3) is 11.8 Å². The number of amides is 2. The first-order valence-corrected chi connectivity index (χ1v) is 12.0. The van der Waals surface area contributed by atoms with Gasteiger partial charge in [0.2, 0.25) is 0 Å². The molecule has 1 atom stereocenters. The summed E-state index contributed by atoms with van der Waals surface area (Å²) in [7, 11) is 0. The van der Waals surface area contributed by atoms with E-state index in [-0.39, 0.29) is 16.8 Å². The van der Waals surface area contributed by atoms with Crippen LogP contribution >= 0.6 is 23.8 Å². The van der Waals surface area contributed by atoms with E-state index in [9.17, 15) is 9.59 Å². The Morgan fingerprint density at radius 3 is 2.38 bits per heavy atom. The first-order valence-electron chi connectivity index (χ1n) is 11.2. The van der Waals surface area contributed by atoms with Gasteiger partial charge in [-0.15, -0.1) is 0 Å². The number of carbonyl (C=O) groups excluding carboxylic acids is 2. The largest absolute Gasteiger partial charge is 0.490 e. The lowest BCUT2D eigenvalue weighted by Gasteiger charge is -2.36. The summed E-state index contributed by atoms with van der Waals surface area (Å²) in [5.74, 6) is -0.287. The third-order valence-corrected chi connectivity index (χ3v) is 6.51. The van der Waals surface area contributed by atoms with Crippen LogP contribution in [-0.2, 0) is 9.59 Å². The summed E-state index contributed by atoms with van der Waals surface area (Å²) in [5, 5.41) is 2.57. The number of anilines is 1. The summed E-state index contributed by atoms with van der Waals surface area (Å²) in [6.07, 6.45) is 2.43. The number of fused-ring (bicyclic) bond motifs is 1. The van der Waals surface area contributed by atoms with E-state index in [1.807, 2.05) is 57.2 Å². The molecule has 3 aromatic rings. The van der Waals surface area contributed by atoms with Crippen LogP contribution in [0, 0.1) is 0 Å². The molecule has 0 unspecified atom stereocenters. The van der Waals surface area contributed by atoms with Crippen LogP contribution in [0.5, 0.6) is 5.75 Å². The molecule has 0 aliphatic carbocycles. The van der Waals surface area contributed by atoms with E-state index in [4.69, 9.17) is 28.6 Å². The maximum Gasteiger partial charge on any atom is 0.270 e. The number of carbonyl (C=O) groups is 2. The van der Waals surface area contributed by atoms with Gasteiger partial charge in [0.05, 0.1) is 11.8 Å². The number of benzene rings is 3. The smallest absolute Gasteiger partial charge is 0.270 e. The lowest BCUT2D eigenvalue weighted by atomic mass is 9.99. The molecule has 1 fully saturated rings. The fraction of sp³-hybridized carbons (Fsp3) is 0.222. The molecular weight excluding hydrogens is 468 g/mol. The Hall–Kier alpha value is -3.22. The van der Waals surface area contributed by atoms with Gasteiger partial charge in [0, 0.05) is 17.1 Å². The van der Waals surface area contributed by atoms with Crippen LogP contribution < -0.4 is 9.64 Å². The Labute approximate surface area is 209 Å². The molecule has 0 bridgehead atoms. The number of rotatable bonds is 6. The third kappa shape index (κ3) is 4.43. The SMILES string of the molecule is CC[C@H](C)Oc1ccc2ccccc2c1/C=C1\C(=O)N(CC)C(=S)N(c2ccc(Cl)cc2)C1=O. The summed E-state index contributed by atoms with van der Waals surface area (Å²) in [5.41, 5.74) is 1.26. The van der Waals surface area contributed by atoms with Crippen molar-refractivity contribution in [1.29, 1.82) is 0 Å². The Balaban J connectivity index is 1.90. The van der Waals surface area contributed by atoms with Gasteiger partial charge in [-0.2, -0.15) is 0 Å². The predicted octanol–water partition coefficient (Wildman–Crippen LogP) is 6.23. The molecule has 2 amide bonds. The third-order valence-electron chi connectivity index (χ3n) is 5.85. The van der Waals surface area contributed by atoms with Crippen molar-refractivity contribution < 1.29 is 14.3 Å². The van der Waals surface area contributed by atoms with Gasteiger partial charge in [0.15, 0.2) is 5.11 Å². The molecule has 0 saturated carbocycles. The molecule has 34 heavy (non-hydrogen) atoms. The fourth-order valence-electron chi connectivity index (χ4n) is 3.84. The Morgan fingerprint density at radius 1 is 1.00 bits per heavy atom. The standard InChI is InChI=1S/C27H25ClN2O3S/c1-4-17(3)33-24-15-10-18-8-6-7-9-21(18)22(24)16-23-25(31)29(5-2)27(34)30(26(23)32)20-13-11-19(28)12-14-20/h6-17H,4-5H2,1-3H3/b23-16+/t17-/m0/s1. The molecule has 1 aliphatic rings. The van der Waals surface area contributed by atoms with Crippen molar-refractivity contribution in [2.24, 2.45) is 0 Å². The number of hydrogen-bond acceptors (Lipinski definition) is 4. The molecule has 174 valence electrons. The van der Waals surface area contributed by atoms with E-state index < -0.39 is 11.8 Å². The zero-order chi connectivity index (χ0) is 24.4. The minimum atomic E-state index is -0.482. The molecule has 1 heterocycles. The second kappa shape index (κ2) is 9.95. The number of thiocarbonyl (C=S) groups is 1. The van der Waals surface area contributed by atoms with Gasteiger partial charge in [-0.25, -0.2) is 0 Å². The Kier molecular flexibility index (Phi) is 7.00. The number of nitrogens with zero attached hydrogens (tertiary/aromatic N) is 2. The van der Waals surface area contributed by atoms with Gasteiger partial charge >= 0.3 is 0 Å². The summed E-state index contributed by atoms with van der Waals surface area (Å²) in [6.45, 7) is 6.19. The van der Waals surface area contributed by atoms with Crippen molar-refractivity contribution in [2.75, 3.05) is 11.4 Å². The maximum absolute atomic E-state index is 13.7. The zero-order valence-corrected chi connectivity index (χ0v) is 20.8. The quantitative estimate of drug-likeness (QED) is 0.232. The lowest BCUT2D eigenvalue weighted by molar-refractivity contribution is -0.127. The molecule has 0 aromatic heterocycles. The van der Waals surface area contributed by atoms with Crippen molar-refractivity contribution in [3.05, 3.63) is 76.8 Å². The molecule has 7 heteroatoms. The van der Waals surface area contributed by atoms with Crippen LogP contribution in [0.1, 0.15) is 32.8 Å². The van der Waals surface area contributed by atoms with Crippen molar-refractivity contribution in [1.82, 2.24) is 4.90 Å². The lowest BCUT2D eigenvalue weighted by Crippen LogP contribution is -2.56. The van der Waals surface area contributed by atoms with Crippen LogP contribution in [0.25, 0.3) is 16.8 Å². The number of ether oxygens (including phenoxy) is 1. The minimum absolute atomic E-state index is 0.0238. The molecule has 0 radical (unpaired) electrons. The van der Waals surface area contributed by atoms with E-state index in [2.05, 4.69) is 0 Å². The zero-order valence-electron chi connectivity index (χ0n) is 19.2. The Bertz CT molecular complexity index is 1300. The van der Waals surface area contributed by atoms with E-state index in [1.54, 1.807) is 30.3 Å². The van der Waals surface area contributed by atoms with E-state index >= 15 is 0 Å². The summed E-state index contributed by atoms with van der Waals surface area (Å²) in [4.78, 5) is 29.9. The molecular formula is C27H25ClN2O3S. The number of halogens is 1. The molecule has 3 aromatic carbocycles. The summed E-state index contributed by atoms with van der Waals surface area (Å²) >= 11 is 11.6. The van der Waals surface area contributed by atoms with Crippen molar-refractivity contribution in [3.63, 3.8) is 0 Å². The first kappa shape index (κ1) is 23.9. The normalized spacial score (nSPS) is 16.5. The van der Waals surface area contributed by atoms with Crippen LogP contribution in [0.3, 0.4) is 0 Å². The van der Waals surface area contributed by atoms with E-state index in [1.165, 1.54) is 9.80 Å². The monoisotopic (exact) mass is 492 g/mol. The highest BCUT2D eigenvalue weighted by molar-refractivity contribution is 7.80. The predicted molar refractivity (Wildman–Crippen MR) is 141 cm³/mol. The molecule has 5 nitrogen and oxygen atoms in total. The topological polar surface area (TPSA) is 49.9 Å². The molecule has 0 spiro atoms. The summed E-state index contributed by atoms with van der Waals surface area (Å²) in [6, 6.07) is 18.5. The Morgan fingerprint density at radius 2 is 1.71 bits per heavy atom. The van der Waals surface area contributed by atoms with Crippen LogP contribution in [0.4, 0.5) is 5.69 Å². The number of likely N-dealkylation sites (N-methyl/N-ethyl adjacent to an activating group) is 1. The van der Waals surface area contributed by atoms with Crippen molar-refractivity contribution >= 4 is 63.3 Å². The first-order chi connectivity index (χ1) is 16.3. The average Bonchev–Trinajstić information content (AvgIpc) is 2.84. The second-order valence-electron chi connectivity index (χ2n) is 8.04. The molecule has 4 rings (SSSR count). The fourth-order valence-corrected chi connectivity index (χ4v) is 4.37. The molecule has 1 saturated heterocycles. The van der Waals surface area contributed by atoms with E-state index in [0.29, 0.717) is 28.6 Å². The number of hydrogen-bond donors (Lipinski definition) is 0. The highest BCUT2D eigenvalue weighted by Crippen LogP contribution is 2.34. The maximum atomic E-state index is 13.7. The second-order valence-corrected chi connectivity index (χ2v) is 8.84. The molecule has 0 N–H and O–H groups in total. The molecule has 1 aliphatic heterocycles. The van der Waals surface area contributed by atoms with Crippen LogP contribution in [0.2, 0.25) is 5.02 Å². The van der Waals surface area contributed by atoms with Crippen molar-refractivity contribution in [3.8, 4) is 5.75 Å². The highest BCUT2D eigenvalue weighted by Gasteiger charge is 2.39. The van der Waals surface area contributed by atoms with Gasteiger partial charge in [-0.05, 0) is 79.7 Å². The van der Waals surface area contributed by atoms with E-state index in [0.717, 1.165) is 17.2 Å². The van der Waals surface area contributed by atoms with Gasteiger partial charge < -0.3 is 4.74 Å². The highest BCUT2D eigenvalue weighted by atomic mass is 35.5.